The summed E-state index contributed by atoms with van der Waals surface area (Å²) in [6.45, 7) is 0.0790. The Kier molecular flexibility index (Phi) is 7.79. The number of carbonyl (C=O) groups excluding carboxylic acids is 2. The zero-order chi connectivity index (χ0) is 24.8. The molecule has 1 aromatic heterocycles. The lowest BCUT2D eigenvalue weighted by Crippen LogP contribution is -2.43. The first-order valence-corrected chi connectivity index (χ1v) is 12.2. The predicted molar refractivity (Wildman–Crippen MR) is 142 cm³/mol. The number of aliphatic carboxylic acids is 1. The zero-order valence-electron chi connectivity index (χ0n) is 18.6. The average Bonchev–Trinajstić information content (AvgIpc) is 3.38. The number of aromatic nitrogens is 1. The number of carbonyl (C=O) groups is 3. The third kappa shape index (κ3) is 6.06. The molecule has 0 radical (unpaired) electrons. The number of H-pyrrole nitrogens is 1. The zero-order valence-corrected chi connectivity index (χ0v) is 20.3. The molecule has 2 amide bonds. The normalized spacial score (nSPS) is 15.9. The minimum absolute atomic E-state index is 0.0583. The van der Waals surface area contributed by atoms with Crippen LogP contribution in [0, 0.1) is 0 Å². The quantitative estimate of drug-likeness (QED) is 0.299. The summed E-state index contributed by atoms with van der Waals surface area (Å²) in [5.41, 5.74) is 2.72. The first-order chi connectivity index (χ1) is 16.9. The predicted octanol–water partition coefficient (Wildman–Crippen LogP) is 4.13. The summed E-state index contributed by atoms with van der Waals surface area (Å²) >= 11 is 6.50. The van der Waals surface area contributed by atoms with Crippen molar-refractivity contribution in [2.45, 2.75) is 18.9 Å². The molecule has 0 unspecified atom stereocenters. The Morgan fingerprint density at radius 3 is 2.66 bits per heavy atom. The van der Waals surface area contributed by atoms with Crippen LogP contribution in [0.5, 0.6) is 0 Å². The van der Waals surface area contributed by atoms with Crippen molar-refractivity contribution in [2.75, 3.05) is 6.54 Å². The molecule has 9 heteroatoms. The van der Waals surface area contributed by atoms with E-state index in [2.05, 4.69) is 10.3 Å². The van der Waals surface area contributed by atoms with Crippen molar-refractivity contribution in [1.29, 1.82) is 0 Å². The van der Waals surface area contributed by atoms with Gasteiger partial charge in [-0.1, -0.05) is 84.7 Å². The van der Waals surface area contributed by atoms with Crippen LogP contribution in [0.3, 0.4) is 0 Å². The van der Waals surface area contributed by atoms with Crippen LogP contribution < -0.4 is 5.32 Å². The number of aromatic amines is 1. The van der Waals surface area contributed by atoms with Crippen LogP contribution in [-0.2, 0) is 20.8 Å². The summed E-state index contributed by atoms with van der Waals surface area (Å²) in [5, 5.41) is 13.1. The summed E-state index contributed by atoms with van der Waals surface area (Å²) in [6, 6.07) is 16.2. The Balaban J connectivity index is 1.33. The van der Waals surface area contributed by atoms with E-state index in [9.17, 15) is 19.5 Å². The minimum Gasteiger partial charge on any atom is -0.480 e. The second-order valence-corrected chi connectivity index (χ2v) is 9.57. The molecule has 1 aliphatic rings. The van der Waals surface area contributed by atoms with Crippen molar-refractivity contribution < 1.29 is 19.5 Å². The van der Waals surface area contributed by atoms with Crippen LogP contribution >= 0.6 is 24.0 Å². The topological polar surface area (TPSA) is 103 Å². The molecule has 2 heterocycles. The highest BCUT2D eigenvalue weighted by Crippen LogP contribution is 2.31. The van der Waals surface area contributed by atoms with E-state index in [0.717, 1.165) is 22.0 Å². The van der Waals surface area contributed by atoms with Gasteiger partial charge in [-0.15, -0.1) is 0 Å². The van der Waals surface area contributed by atoms with Gasteiger partial charge in [-0.05, 0) is 23.3 Å². The van der Waals surface area contributed by atoms with E-state index in [1.54, 1.807) is 18.3 Å². The molecular weight excluding hydrogens is 482 g/mol. The number of hydrogen-bond donors (Lipinski definition) is 3. The first kappa shape index (κ1) is 24.4. The van der Waals surface area contributed by atoms with Gasteiger partial charge in [0.1, 0.15) is 10.4 Å². The lowest BCUT2D eigenvalue weighted by molar-refractivity contribution is -0.141. The minimum atomic E-state index is -1.12. The van der Waals surface area contributed by atoms with Gasteiger partial charge in [0.05, 0.1) is 4.91 Å². The van der Waals surface area contributed by atoms with Gasteiger partial charge in [-0.3, -0.25) is 14.5 Å². The van der Waals surface area contributed by atoms with E-state index >= 15 is 0 Å². The number of nitrogens with one attached hydrogen (secondary N) is 2. The number of nitrogens with zero attached hydrogens (tertiary/aromatic N) is 1. The van der Waals surface area contributed by atoms with Crippen LogP contribution in [0.2, 0.25) is 0 Å². The molecule has 1 fully saturated rings. The number of hydrogen-bond acceptors (Lipinski definition) is 5. The molecule has 3 aromatic rings. The van der Waals surface area contributed by atoms with E-state index in [1.807, 2.05) is 60.7 Å². The van der Waals surface area contributed by atoms with Crippen molar-refractivity contribution in [3.63, 3.8) is 0 Å². The molecule has 1 aliphatic heterocycles. The molecule has 4 rings (SSSR count). The smallest absolute Gasteiger partial charge is 0.326 e. The molecule has 2 aromatic carbocycles. The van der Waals surface area contributed by atoms with Crippen LogP contribution in [0.1, 0.15) is 17.5 Å². The number of rotatable bonds is 9. The summed E-state index contributed by atoms with van der Waals surface area (Å²) in [4.78, 5) is 42.0. The van der Waals surface area contributed by atoms with Gasteiger partial charge in [0.25, 0.3) is 5.91 Å². The Labute approximate surface area is 211 Å². The van der Waals surface area contributed by atoms with Crippen LogP contribution in [0.4, 0.5) is 0 Å². The maximum atomic E-state index is 12.7. The molecular formula is C26H23N3O4S2. The van der Waals surface area contributed by atoms with Crippen LogP contribution in [-0.4, -0.2) is 49.7 Å². The van der Waals surface area contributed by atoms with Crippen molar-refractivity contribution in [3.05, 3.63) is 89.0 Å². The number of carboxylic acids is 1. The monoisotopic (exact) mass is 505 g/mol. The second kappa shape index (κ2) is 11.2. The van der Waals surface area contributed by atoms with E-state index in [4.69, 9.17) is 12.2 Å². The van der Waals surface area contributed by atoms with Gasteiger partial charge in [0.2, 0.25) is 5.91 Å². The largest absolute Gasteiger partial charge is 0.480 e. The standard InChI is InChI=1S/C26H23N3O4S2/c30-23(28-21(25(32)33)15-18-16-27-20-11-5-4-10-19(18)20)13-14-29-24(31)22(35-26(29)34)12-6-9-17-7-2-1-3-8-17/h1-12,16,21,27H,13-15H2,(H,28,30)(H,32,33)/b9-6+,22-12+/t21-/m1/s1. The fourth-order valence-corrected chi connectivity index (χ4v) is 4.98. The molecule has 178 valence electrons. The molecule has 35 heavy (non-hydrogen) atoms. The van der Waals surface area contributed by atoms with Gasteiger partial charge >= 0.3 is 5.97 Å². The van der Waals surface area contributed by atoms with Gasteiger partial charge in [0, 0.05) is 36.5 Å². The number of amides is 2. The summed E-state index contributed by atoms with van der Waals surface area (Å²) in [6.07, 6.45) is 7.22. The number of benzene rings is 2. The van der Waals surface area contributed by atoms with Crippen molar-refractivity contribution in [1.82, 2.24) is 15.2 Å². The lowest BCUT2D eigenvalue weighted by Gasteiger charge is -2.17. The van der Waals surface area contributed by atoms with Gasteiger partial charge in [0.15, 0.2) is 0 Å². The Hall–Kier alpha value is -3.69. The highest BCUT2D eigenvalue weighted by Gasteiger charge is 2.32. The van der Waals surface area contributed by atoms with E-state index in [0.29, 0.717) is 9.23 Å². The third-order valence-corrected chi connectivity index (χ3v) is 6.90. The maximum absolute atomic E-state index is 12.7. The Morgan fingerprint density at radius 1 is 1.14 bits per heavy atom. The molecule has 1 saturated heterocycles. The molecule has 3 N–H and O–H groups in total. The van der Waals surface area contributed by atoms with Gasteiger partial charge in [-0.25, -0.2) is 4.79 Å². The summed E-state index contributed by atoms with van der Waals surface area (Å²) in [7, 11) is 0. The molecule has 1 atom stereocenters. The average molecular weight is 506 g/mol. The first-order valence-electron chi connectivity index (χ1n) is 11.0. The van der Waals surface area contributed by atoms with Crippen LogP contribution in [0.15, 0.2) is 77.9 Å². The summed E-state index contributed by atoms with van der Waals surface area (Å²) < 4.78 is 0.371. The van der Waals surface area contributed by atoms with Gasteiger partial charge in [-0.2, -0.15) is 0 Å². The maximum Gasteiger partial charge on any atom is 0.326 e. The Bertz CT molecular complexity index is 1330. The number of fused-ring (bicyclic) bond motifs is 1. The summed E-state index contributed by atoms with van der Waals surface area (Å²) in [5.74, 6) is -1.85. The van der Waals surface area contributed by atoms with E-state index in [1.165, 1.54) is 16.7 Å². The van der Waals surface area contributed by atoms with E-state index < -0.39 is 17.9 Å². The highest BCUT2D eigenvalue weighted by atomic mass is 32.2. The number of thiocarbonyl (C=S) groups is 1. The highest BCUT2D eigenvalue weighted by molar-refractivity contribution is 8.26. The van der Waals surface area contributed by atoms with Crippen LogP contribution in [0.25, 0.3) is 17.0 Å². The number of thioether (sulfide) groups is 1. The number of allylic oxidation sites excluding steroid dienone is 2. The molecule has 0 saturated carbocycles. The van der Waals surface area contributed by atoms with Crippen molar-refractivity contribution in [2.24, 2.45) is 0 Å². The number of para-hydroxylation sites is 1. The molecule has 0 spiro atoms. The molecule has 0 aliphatic carbocycles. The number of carboxylic acid groups (broad SMARTS) is 1. The Morgan fingerprint density at radius 2 is 1.89 bits per heavy atom. The lowest BCUT2D eigenvalue weighted by atomic mass is 10.0. The third-order valence-electron chi connectivity index (χ3n) is 5.50. The molecule has 7 nitrogen and oxygen atoms in total. The van der Waals surface area contributed by atoms with Crippen molar-refractivity contribution >= 4 is 63.1 Å². The fraction of sp³-hybridized carbons (Fsp3) is 0.154. The SMILES string of the molecule is O=C(CCN1C(=O)/C(=C\C=C\c2ccccc2)SC1=S)N[C@H](Cc1c[nH]c2ccccc12)C(=O)O. The molecule has 0 bridgehead atoms. The van der Waals surface area contributed by atoms with Crippen molar-refractivity contribution in [3.8, 4) is 0 Å². The fourth-order valence-electron chi connectivity index (χ4n) is 3.72. The second-order valence-electron chi connectivity index (χ2n) is 7.90. The van der Waals surface area contributed by atoms with Gasteiger partial charge < -0.3 is 15.4 Å². The van der Waals surface area contributed by atoms with E-state index in [-0.39, 0.29) is 25.3 Å².